The van der Waals surface area contributed by atoms with Gasteiger partial charge in [-0.05, 0) is 62.1 Å². The second kappa shape index (κ2) is 13.2. The Morgan fingerprint density at radius 1 is 1.18 bits per heavy atom. The van der Waals surface area contributed by atoms with E-state index < -0.39 is 0 Å². The van der Waals surface area contributed by atoms with Gasteiger partial charge >= 0.3 is 0 Å². The average molecular weight is 459 g/mol. The van der Waals surface area contributed by atoms with Crippen molar-refractivity contribution in [3.63, 3.8) is 0 Å². The van der Waals surface area contributed by atoms with Gasteiger partial charge in [-0.1, -0.05) is 57.4 Å². The standard InChI is InChI=1S/C29H38N4O/c1-8-10-20(3)13-21(4)14-22(5)17-32-27-11-12-31-23(6)26(27)18-33-29-16-25(19-34)24(9-2)15-28(29)30-7/h8-12,15-16,19,21-22,31-33H,1-2,6-7,13-14,17-18H2,3-5H3/b20-10-. The van der Waals surface area contributed by atoms with Crippen LogP contribution in [0, 0.1) is 11.8 Å². The van der Waals surface area contributed by atoms with Gasteiger partial charge in [-0.2, -0.15) is 0 Å². The van der Waals surface area contributed by atoms with E-state index in [4.69, 9.17) is 0 Å². The largest absolute Gasteiger partial charge is 0.384 e. The normalized spacial score (nSPS) is 15.3. The number of nitrogens with one attached hydrogen (secondary N) is 3. The summed E-state index contributed by atoms with van der Waals surface area (Å²) in [5, 5.41) is 10.2. The minimum atomic E-state index is 0.517. The first-order chi connectivity index (χ1) is 16.3. The molecular formula is C29H38N4O. The van der Waals surface area contributed by atoms with Crippen molar-refractivity contribution in [2.45, 2.75) is 33.6 Å². The summed E-state index contributed by atoms with van der Waals surface area (Å²) in [7, 11) is 0. The van der Waals surface area contributed by atoms with Crippen molar-refractivity contribution in [3.8, 4) is 0 Å². The molecule has 0 aromatic heterocycles. The van der Waals surface area contributed by atoms with Gasteiger partial charge in [-0.3, -0.25) is 9.79 Å². The summed E-state index contributed by atoms with van der Waals surface area (Å²) in [5.41, 5.74) is 6.95. The number of hydrogen-bond donors (Lipinski definition) is 3. The first kappa shape index (κ1) is 26.7. The van der Waals surface area contributed by atoms with E-state index in [0.717, 1.165) is 53.9 Å². The van der Waals surface area contributed by atoms with E-state index in [0.29, 0.717) is 29.6 Å². The molecule has 0 saturated carbocycles. The van der Waals surface area contributed by atoms with Gasteiger partial charge in [-0.15, -0.1) is 0 Å². The predicted molar refractivity (Wildman–Crippen MR) is 148 cm³/mol. The van der Waals surface area contributed by atoms with Crippen molar-refractivity contribution >= 4 is 30.5 Å². The third-order valence-electron chi connectivity index (χ3n) is 5.89. The van der Waals surface area contributed by atoms with Crippen LogP contribution >= 0.6 is 0 Å². The van der Waals surface area contributed by atoms with Gasteiger partial charge in [0.05, 0.1) is 11.4 Å². The molecular weight excluding hydrogens is 420 g/mol. The number of dihydropyridines is 1. The topological polar surface area (TPSA) is 65.5 Å². The molecule has 1 aliphatic rings. The first-order valence-corrected chi connectivity index (χ1v) is 11.7. The van der Waals surface area contributed by atoms with Gasteiger partial charge in [0.2, 0.25) is 0 Å². The van der Waals surface area contributed by atoms with E-state index in [1.807, 2.05) is 24.4 Å². The van der Waals surface area contributed by atoms with Gasteiger partial charge in [-0.25, -0.2) is 0 Å². The van der Waals surface area contributed by atoms with Crippen molar-refractivity contribution in [2.75, 3.05) is 18.4 Å². The zero-order valence-corrected chi connectivity index (χ0v) is 20.8. The molecule has 0 aliphatic carbocycles. The monoisotopic (exact) mass is 458 g/mol. The Hall–Kier alpha value is -3.60. The number of rotatable bonds is 14. The molecule has 1 aromatic rings. The van der Waals surface area contributed by atoms with E-state index in [1.165, 1.54) is 5.57 Å². The number of benzene rings is 1. The summed E-state index contributed by atoms with van der Waals surface area (Å²) in [6.07, 6.45) is 12.6. The van der Waals surface area contributed by atoms with Crippen molar-refractivity contribution < 1.29 is 4.79 Å². The van der Waals surface area contributed by atoms with Crippen LogP contribution in [0.4, 0.5) is 11.4 Å². The average Bonchev–Trinajstić information content (AvgIpc) is 2.81. The van der Waals surface area contributed by atoms with E-state index in [2.05, 4.69) is 74.2 Å². The second-order valence-electron chi connectivity index (χ2n) is 8.96. The molecule has 0 bridgehead atoms. The highest BCUT2D eigenvalue weighted by molar-refractivity contribution is 5.87. The molecule has 0 fully saturated rings. The molecule has 2 rings (SSSR count). The van der Waals surface area contributed by atoms with Crippen molar-refractivity contribution in [1.82, 2.24) is 10.6 Å². The van der Waals surface area contributed by atoms with Crippen molar-refractivity contribution in [1.29, 1.82) is 0 Å². The lowest BCUT2D eigenvalue weighted by molar-refractivity contribution is 0.112. The summed E-state index contributed by atoms with van der Waals surface area (Å²) < 4.78 is 0. The number of aliphatic imine (C=N–C) groups is 1. The Morgan fingerprint density at radius 2 is 1.94 bits per heavy atom. The first-order valence-electron chi connectivity index (χ1n) is 11.7. The summed E-state index contributed by atoms with van der Waals surface area (Å²) in [4.78, 5) is 15.6. The SMILES string of the molecule is C=C/C=C(/C)CC(C)CC(C)CNC1=C(CNc2cc(C=O)c(C=C)cc2N=C)C(=C)NC=C1. The Balaban J connectivity index is 2.10. The molecule has 1 aliphatic heterocycles. The van der Waals surface area contributed by atoms with Gasteiger partial charge in [0, 0.05) is 41.8 Å². The van der Waals surface area contributed by atoms with Crippen LogP contribution in [0.25, 0.3) is 6.08 Å². The molecule has 0 radical (unpaired) electrons. The van der Waals surface area contributed by atoms with Crippen LogP contribution in [0.3, 0.4) is 0 Å². The number of carbonyl (C=O) groups is 1. The van der Waals surface area contributed by atoms with Gasteiger partial charge in [0.15, 0.2) is 6.29 Å². The fraction of sp³-hybridized carbons (Fsp3) is 0.310. The van der Waals surface area contributed by atoms with Crippen LogP contribution in [-0.4, -0.2) is 26.1 Å². The Labute approximate surface area is 204 Å². The van der Waals surface area contributed by atoms with Crippen LogP contribution in [-0.2, 0) is 0 Å². The molecule has 1 heterocycles. The smallest absolute Gasteiger partial charge is 0.150 e. The van der Waals surface area contributed by atoms with Crippen LogP contribution < -0.4 is 16.0 Å². The Bertz CT molecular complexity index is 1030. The minimum Gasteiger partial charge on any atom is -0.384 e. The van der Waals surface area contributed by atoms with Gasteiger partial charge in [0.25, 0.3) is 0 Å². The maximum absolute atomic E-state index is 11.5. The summed E-state index contributed by atoms with van der Waals surface area (Å²) in [5.74, 6) is 1.12. The lowest BCUT2D eigenvalue weighted by Gasteiger charge is -2.24. The van der Waals surface area contributed by atoms with E-state index >= 15 is 0 Å². The summed E-state index contributed by atoms with van der Waals surface area (Å²) >= 11 is 0. The summed E-state index contributed by atoms with van der Waals surface area (Å²) in [6.45, 7) is 23.5. The van der Waals surface area contributed by atoms with Crippen molar-refractivity contribution in [2.24, 2.45) is 16.8 Å². The molecule has 0 saturated heterocycles. The van der Waals surface area contributed by atoms with E-state index in [-0.39, 0.29) is 0 Å². The van der Waals surface area contributed by atoms with E-state index in [9.17, 15) is 4.79 Å². The molecule has 5 heteroatoms. The maximum atomic E-state index is 11.5. The highest BCUT2D eigenvalue weighted by atomic mass is 16.1. The lowest BCUT2D eigenvalue weighted by atomic mass is 9.91. The van der Waals surface area contributed by atoms with E-state index in [1.54, 1.807) is 12.1 Å². The maximum Gasteiger partial charge on any atom is 0.150 e. The molecule has 2 unspecified atom stereocenters. The highest BCUT2D eigenvalue weighted by Crippen LogP contribution is 2.30. The number of carbonyl (C=O) groups excluding carboxylic acids is 1. The molecule has 0 amide bonds. The summed E-state index contributed by atoms with van der Waals surface area (Å²) in [6, 6.07) is 3.59. The molecule has 34 heavy (non-hydrogen) atoms. The molecule has 5 nitrogen and oxygen atoms in total. The molecule has 0 spiro atoms. The number of anilines is 1. The molecule has 1 aromatic carbocycles. The highest BCUT2D eigenvalue weighted by Gasteiger charge is 2.16. The lowest BCUT2D eigenvalue weighted by Crippen LogP contribution is -2.28. The van der Waals surface area contributed by atoms with Crippen LogP contribution in [0.15, 0.2) is 83.8 Å². The fourth-order valence-electron chi connectivity index (χ4n) is 4.26. The zero-order chi connectivity index (χ0) is 25.1. The zero-order valence-electron chi connectivity index (χ0n) is 20.8. The van der Waals surface area contributed by atoms with Crippen LogP contribution in [0.2, 0.25) is 0 Å². The minimum absolute atomic E-state index is 0.517. The van der Waals surface area contributed by atoms with Gasteiger partial charge in [0.1, 0.15) is 0 Å². The quantitative estimate of drug-likeness (QED) is 0.168. The van der Waals surface area contributed by atoms with Crippen LogP contribution in [0.1, 0.15) is 49.5 Å². The Morgan fingerprint density at radius 3 is 2.59 bits per heavy atom. The number of aldehydes is 1. The number of hydrogen-bond acceptors (Lipinski definition) is 5. The second-order valence-corrected chi connectivity index (χ2v) is 8.96. The predicted octanol–water partition coefficient (Wildman–Crippen LogP) is 6.55. The number of nitrogens with zero attached hydrogens (tertiary/aromatic N) is 1. The fourth-order valence-corrected chi connectivity index (χ4v) is 4.26. The van der Waals surface area contributed by atoms with Crippen LogP contribution in [0.5, 0.6) is 0 Å². The van der Waals surface area contributed by atoms with Crippen molar-refractivity contribution in [3.05, 3.63) is 90.0 Å². The molecule has 3 N–H and O–H groups in total. The third-order valence-corrected chi connectivity index (χ3v) is 5.89. The Kier molecular flexibility index (Phi) is 10.3. The molecule has 180 valence electrons. The third kappa shape index (κ3) is 7.48. The molecule has 2 atom stereocenters. The van der Waals surface area contributed by atoms with Gasteiger partial charge < -0.3 is 16.0 Å². The number of allylic oxidation sites excluding steroid dienone is 4.